The Kier molecular flexibility index (Phi) is 6.16. The van der Waals surface area contributed by atoms with E-state index in [4.69, 9.17) is 10.5 Å². The van der Waals surface area contributed by atoms with Crippen molar-refractivity contribution in [1.29, 1.82) is 0 Å². The normalized spacial score (nSPS) is 10.7. The maximum atomic E-state index is 5.48. The minimum absolute atomic E-state index is 0.779. The minimum Gasteiger partial charge on any atom is -0.496 e. The fourth-order valence-corrected chi connectivity index (χ4v) is 2.26. The van der Waals surface area contributed by atoms with E-state index >= 15 is 0 Å². The number of hydrogen-bond donors (Lipinski definition) is 2. The molecule has 0 saturated carbocycles. The molecule has 0 aliphatic rings. The highest BCUT2D eigenvalue weighted by molar-refractivity contribution is 5.48. The van der Waals surface area contributed by atoms with Gasteiger partial charge in [0, 0.05) is 6.54 Å². The standard InChI is InChI=1S/C15H26N2O/c1-11-9-14(10-17-8-6-5-7-16)12(2)13(3)15(11)18-4/h9,17H,5-8,10,16H2,1-4H3. The number of unbranched alkanes of at least 4 members (excludes halogenated alkanes) is 1. The van der Waals surface area contributed by atoms with Crippen LogP contribution in [0.3, 0.4) is 0 Å². The van der Waals surface area contributed by atoms with Crippen LogP contribution in [0.2, 0.25) is 0 Å². The van der Waals surface area contributed by atoms with Crippen LogP contribution in [0.25, 0.3) is 0 Å². The van der Waals surface area contributed by atoms with Crippen molar-refractivity contribution in [2.75, 3.05) is 20.2 Å². The van der Waals surface area contributed by atoms with Gasteiger partial charge < -0.3 is 15.8 Å². The Hall–Kier alpha value is -1.06. The van der Waals surface area contributed by atoms with Crippen molar-refractivity contribution < 1.29 is 4.74 Å². The molecule has 0 heterocycles. The summed E-state index contributed by atoms with van der Waals surface area (Å²) in [4.78, 5) is 0. The second-order valence-electron chi connectivity index (χ2n) is 4.81. The molecule has 0 spiro atoms. The van der Waals surface area contributed by atoms with Crippen LogP contribution >= 0.6 is 0 Å². The van der Waals surface area contributed by atoms with E-state index in [9.17, 15) is 0 Å². The van der Waals surface area contributed by atoms with E-state index in [-0.39, 0.29) is 0 Å². The van der Waals surface area contributed by atoms with Crippen molar-refractivity contribution in [1.82, 2.24) is 5.32 Å². The molecule has 1 aromatic carbocycles. The molecule has 3 nitrogen and oxygen atoms in total. The lowest BCUT2D eigenvalue weighted by atomic mass is 9.98. The molecule has 0 aliphatic carbocycles. The number of rotatable bonds is 7. The monoisotopic (exact) mass is 250 g/mol. The van der Waals surface area contributed by atoms with Gasteiger partial charge in [0.2, 0.25) is 0 Å². The van der Waals surface area contributed by atoms with E-state index in [0.29, 0.717) is 0 Å². The third-order valence-electron chi connectivity index (χ3n) is 3.46. The first-order chi connectivity index (χ1) is 8.61. The van der Waals surface area contributed by atoms with Gasteiger partial charge in [0.15, 0.2) is 0 Å². The molecule has 0 amide bonds. The van der Waals surface area contributed by atoms with Crippen LogP contribution in [-0.4, -0.2) is 20.2 Å². The van der Waals surface area contributed by atoms with Crippen LogP contribution in [0.1, 0.15) is 35.1 Å². The molecule has 0 aliphatic heterocycles. The fraction of sp³-hybridized carbons (Fsp3) is 0.600. The van der Waals surface area contributed by atoms with Crippen molar-refractivity contribution >= 4 is 0 Å². The summed E-state index contributed by atoms with van der Waals surface area (Å²) in [6.07, 6.45) is 2.23. The Morgan fingerprint density at radius 1 is 1.17 bits per heavy atom. The van der Waals surface area contributed by atoms with E-state index in [1.807, 2.05) is 0 Å². The molecule has 102 valence electrons. The van der Waals surface area contributed by atoms with Crippen molar-refractivity contribution in [2.45, 2.75) is 40.2 Å². The number of benzene rings is 1. The van der Waals surface area contributed by atoms with Gasteiger partial charge in [-0.05, 0) is 69.0 Å². The highest BCUT2D eigenvalue weighted by atomic mass is 16.5. The zero-order valence-electron chi connectivity index (χ0n) is 12.1. The molecule has 0 radical (unpaired) electrons. The summed E-state index contributed by atoms with van der Waals surface area (Å²) >= 11 is 0. The molecule has 1 rings (SSSR count). The largest absolute Gasteiger partial charge is 0.496 e. The summed E-state index contributed by atoms with van der Waals surface area (Å²) in [6.45, 7) is 9.11. The van der Waals surface area contributed by atoms with Crippen LogP contribution in [0, 0.1) is 20.8 Å². The summed E-state index contributed by atoms with van der Waals surface area (Å²) in [6, 6.07) is 2.22. The maximum Gasteiger partial charge on any atom is 0.124 e. The molecule has 0 atom stereocenters. The van der Waals surface area contributed by atoms with E-state index in [0.717, 1.165) is 38.2 Å². The van der Waals surface area contributed by atoms with Crippen molar-refractivity contribution in [3.63, 3.8) is 0 Å². The van der Waals surface area contributed by atoms with Crippen LogP contribution < -0.4 is 15.8 Å². The number of nitrogens with two attached hydrogens (primary N) is 1. The lowest BCUT2D eigenvalue weighted by Crippen LogP contribution is -2.17. The number of ether oxygens (including phenoxy) is 1. The first-order valence-corrected chi connectivity index (χ1v) is 6.66. The number of methoxy groups -OCH3 is 1. The van der Waals surface area contributed by atoms with Gasteiger partial charge in [-0.3, -0.25) is 0 Å². The first kappa shape index (κ1) is 15.0. The van der Waals surface area contributed by atoms with Gasteiger partial charge in [-0.15, -0.1) is 0 Å². The molecule has 3 heteroatoms. The lowest BCUT2D eigenvalue weighted by molar-refractivity contribution is 0.408. The molecule has 0 fully saturated rings. The lowest BCUT2D eigenvalue weighted by Gasteiger charge is -2.16. The van der Waals surface area contributed by atoms with Gasteiger partial charge in [-0.1, -0.05) is 6.07 Å². The Morgan fingerprint density at radius 3 is 2.50 bits per heavy atom. The second kappa shape index (κ2) is 7.39. The Labute approximate surface area is 111 Å². The molecule has 0 aromatic heterocycles. The first-order valence-electron chi connectivity index (χ1n) is 6.66. The van der Waals surface area contributed by atoms with Gasteiger partial charge in [-0.25, -0.2) is 0 Å². The molecule has 0 saturated heterocycles. The molecular formula is C15H26N2O. The molecule has 1 aromatic rings. The van der Waals surface area contributed by atoms with Crippen LogP contribution in [-0.2, 0) is 6.54 Å². The second-order valence-corrected chi connectivity index (χ2v) is 4.81. The zero-order valence-corrected chi connectivity index (χ0v) is 12.1. The van der Waals surface area contributed by atoms with Crippen LogP contribution in [0.4, 0.5) is 0 Å². The molecule has 0 bridgehead atoms. The third kappa shape index (κ3) is 3.72. The SMILES string of the molecule is COc1c(C)cc(CNCCCCN)c(C)c1C. The number of hydrogen-bond acceptors (Lipinski definition) is 3. The summed E-state index contributed by atoms with van der Waals surface area (Å²) in [7, 11) is 1.74. The van der Waals surface area contributed by atoms with Crippen LogP contribution in [0.5, 0.6) is 5.75 Å². The van der Waals surface area contributed by atoms with Crippen molar-refractivity contribution in [2.24, 2.45) is 5.73 Å². The molecule has 0 unspecified atom stereocenters. The topological polar surface area (TPSA) is 47.3 Å². The Morgan fingerprint density at radius 2 is 1.89 bits per heavy atom. The quantitative estimate of drug-likeness (QED) is 0.731. The maximum absolute atomic E-state index is 5.48. The average molecular weight is 250 g/mol. The molecular weight excluding hydrogens is 224 g/mol. The van der Waals surface area contributed by atoms with Gasteiger partial charge in [0.05, 0.1) is 7.11 Å². The van der Waals surface area contributed by atoms with Gasteiger partial charge in [-0.2, -0.15) is 0 Å². The fourth-order valence-electron chi connectivity index (χ4n) is 2.26. The van der Waals surface area contributed by atoms with Crippen molar-refractivity contribution in [3.8, 4) is 5.75 Å². The summed E-state index contributed by atoms with van der Waals surface area (Å²) in [5.41, 5.74) is 10.6. The van der Waals surface area contributed by atoms with E-state index in [1.165, 1.54) is 22.3 Å². The van der Waals surface area contributed by atoms with Crippen LogP contribution in [0.15, 0.2) is 6.07 Å². The summed E-state index contributed by atoms with van der Waals surface area (Å²) in [5, 5.41) is 3.47. The summed E-state index contributed by atoms with van der Waals surface area (Å²) < 4.78 is 5.43. The Bertz CT molecular complexity index is 389. The van der Waals surface area contributed by atoms with Crippen molar-refractivity contribution in [3.05, 3.63) is 28.3 Å². The minimum atomic E-state index is 0.779. The molecule has 18 heavy (non-hydrogen) atoms. The predicted molar refractivity (Wildman–Crippen MR) is 77.2 cm³/mol. The van der Waals surface area contributed by atoms with Gasteiger partial charge >= 0.3 is 0 Å². The average Bonchev–Trinajstić information content (AvgIpc) is 2.35. The number of aryl methyl sites for hydroxylation is 1. The van der Waals surface area contributed by atoms with Gasteiger partial charge in [0.1, 0.15) is 5.75 Å². The third-order valence-corrected chi connectivity index (χ3v) is 3.46. The van der Waals surface area contributed by atoms with E-state index < -0.39 is 0 Å². The zero-order chi connectivity index (χ0) is 13.5. The van der Waals surface area contributed by atoms with Gasteiger partial charge in [0.25, 0.3) is 0 Å². The van der Waals surface area contributed by atoms with E-state index in [1.54, 1.807) is 7.11 Å². The highest BCUT2D eigenvalue weighted by Gasteiger charge is 2.09. The molecule has 3 N–H and O–H groups in total. The summed E-state index contributed by atoms with van der Waals surface area (Å²) in [5.74, 6) is 1.01. The number of nitrogens with one attached hydrogen (secondary N) is 1. The van der Waals surface area contributed by atoms with E-state index in [2.05, 4.69) is 32.2 Å². The smallest absolute Gasteiger partial charge is 0.124 e. The predicted octanol–water partition coefficient (Wildman–Crippen LogP) is 2.45. The highest BCUT2D eigenvalue weighted by Crippen LogP contribution is 2.28. The Balaban J connectivity index is 2.66.